The van der Waals surface area contributed by atoms with Crippen molar-refractivity contribution in [2.45, 2.75) is 32.5 Å². The molecule has 0 rings (SSSR count). The molecular weight excluding hydrogens is 211 g/mol. The molecule has 0 heterocycles. The van der Waals surface area contributed by atoms with Crippen LogP contribution in [0.15, 0.2) is 0 Å². The number of phosphoric ester groups is 1. The van der Waals surface area contributed by atoms with Crippen molar-refractivity contribution in [2.24, 2.45) is 0 Å². The van der Waals surface area contributed by atoms with E-state index in [1.165, 1.54) is 0 Å². The molecule has 0 spiro atoms. The van der Waals surface area contributed by atoms with E-state index in [1.54, 1.807) is 0 Å². The second-order valence-electron chi connectivity index (χ2n) is 2.76. The fourth-order valence-corrected chi connectivity index (χ4v) is 1.41. The van der Waals surface area contributed by atoms with Crippen LogP contribution in [0.3, 0.4) is 0 Å². The summed E-state index contributed by atoms with van der Waals surface area (Å²) in [5.74, 6) is 0. The van der Waals surface area contributed by atoms with Gasteiger partial charge in [0.2, 0.25) is 0 Å². The van der Waals surface area contributed by atoms with E-state index in [2.05, 4.69) is 9.05 Å². The Morgan fingerprint density at radius 1 is 1.29 bits per heavy atom. The summed E-state index contributed by atoms with van der Waals surface area (Å²) in [5.41, 5.74) is 0. The van der Waals surface area contributed by atoms with Gasteiger partial charge in [-0.25, -0.2) is 4.57 Å². The highest BCUT2D eigenvalue weighted by molar-refractivity contribution is 7.47. The predicted octanol–water partition coefficient (Wildman–Crippen LogP) is 0.621. The summed E-state index contributed by atoms with van der Waals surface area (Å²) in [4.78, 5) is 9.00. The number of aliphatic hydroxyl groups excluding tert-OH is 1. The number of rotatable bonds is 8. The summed E-state index contributed by atoms with van der Waals surface area (Å²) < 4.78 is 20.1. The fourth-order valence-electron chi connectivity index (χ4n) is 0.635. The normalized spacial score (nSPS) is 15.8. The standard InChI is InChI=1S/C7H17O6P/c1-2-3-5-12-14(10,11)13-6-4-7(8)9/h7-9H,2-6H2,1H3,(H,10,11). The zero-order valence-corrected chi connectivity index (χ0v) is 9.02. The van der Waals surface area contributed by atoms with E-state index < -0.39 is 14.1 Å². The van der Waals surface area contributed by atoms with Crippen LogP contribution >= 0.6 is 7.82 Å². The third-order valence-electron chi connectivity index (χ3n) is 1.38. The van der Waals surface area contributed by atoms with Crippen molar-refractivity contribution >= 4 is 7.82 Å². The molecule has 0 saturated carbocycles. The molecule has 6 nitrogen and oxygen atoms in total. The highest BCUT2D eigenvalue weighted by atomic mass is 31.2. The predicted molar refractivity (Wildman–Crippen MR) is 49.5 cm³/mol. The molecule has 0 aliphatic heterocycles. The van der Waals surface area contributed by atoms with E-state index in [4.69, 9.17) is 15.1 Å². The van der Waals surface area contributed by atoms with Gasteiger partial charge in [-0.2, -0.15) is 0 Å². The van der Waals surface area contributed by atoms with Crippen molar-refractivity contribution in [3.8, 4) is 0 Å². The van der Waals surface area contributed by atoms with Gasteiger partial charge in [0, 0.05) is 6.42 Å². The number of hydrogen-bond donors (Lipinski definition) is 3. The number of aliphatic hydroxyl groups is 2. The van der Waals surface area contributed by atoms with Crippen LogP contribution in [0.25, 0.3) is 0 Å². The van der Waals surface area contributed by atoms with Gasteiger partial charge >= 0.3 is 7.82 Å². The molecule has 1 unspecified atom stereocenters. The second-order valence-corrected chi connectivity index (χ2v) is 4.21. The minimum absolute atomic E-state index is 0.123. The van der Waals surface area contributed by atoms with Crippen molar-refractivity contribution < 1.29 is 28.7 Å². The summed E-state index contributed by atoms with van der Waals surface area (Å²) in [7, 11) is -4.00. The van der Waals surface area contributed by atoms with Crippen molar-refractivity contribution in [3.63, 3.8) is 0 Å². The largest absolute Gasteiger partial charge is 0.472 e. The van der Waals surface area contributed by atoms with Crippen LogP contribution in [0.2, 0.25) is 0 Å². The van der Waals surface area contributed by atoms with Gasteiger partial charge < -0.3 is 15.1 Å². The lowest BCUT2D eigenvalue weighted by Crippen LogP contribution is -2.08. The summed E-state index contributed by atoms with van der Waals surface area (Å²) in [6.07, 6.45) is -0.126. The lowest BCUT2D eigenvalue weighted by Gasteiger charge is -2.11. The first kappa shape index (κ1) is 14.0. The molecule has 7 heteroatoms. The zero-order valence-electron chi connectivity index (χ0n) is 8.13. The molecule has 0 fully saturated rings. The quantitative estimate of drug-likeness (QED) is 0.320. The van der Waals surface area contributed by atoms with E-state index in [9.17, 15) is 4.57 Å². The van der Waals surface area contributed by atoms with E-state index in [1.807, 2.05) is 6.92 Å². The molecule has 0 aromatic rings. The molecule has 0 amide bonds. The van der Waals surface area contributed by atoms with Gasteiger partial charge in [-0.05, 0) is 6.42 Å². The van der Waals surface area contributed by atoms with E-state index >= 15 is 0 Å². The van der Waals surface area contributed by atoms with E-state index in [0.29, 0.717) is 6.42 Å². The van der Waals surface area contributed by atoms with Crippen molar-refractivity contribution in [1.82, 2.24) is 0 Å². The average Bonchev–Trinajstić information content (AvgIpc) is 2.03. The third-order valence-corrected chi connectivity index (χ3v) is 2.40. The Labute approximate surface area is 83.1 Å². The number of hydrogen-bond acceptors (Lipinski definition) is 5. The fraction of sp³-hybridized carbons (Fsp3) is 1.00. The minimum Gasteiger partial charge on any atom is -0.368 e. The SMILES string of the molecule is CCCCOP(=O)(O)OCCC(O)O. The van der Waals surface area contributed by atoms with Gasteiger partial charge in [0.15, 0.2) is 6.29 Å². The van der Waals surface area contributed by atoms with Gasteiger partial charge in [-0.15, -0.1) is 0 Å². The van der Waals surface area contributed by atoms with Gasteiger partial charge in [-0.3, -0.25) is 9.05 Å². The topological polar surface area (TPSA) is 96.2 Å². The van der Waals surface area contributed by atoms with Crippen LogP contribution < -0.4 is 0 Å². The maximum atomic E-state index is 11.0. The lowest BCUT2D eigenvalue weighted by molar-refractivity contribution is -0.0537. The van der Waals surface area contributed by atoms with Crippen LogP contribution in [-0.2, 0) is 13.6 Å². The highest BCUT2D eigenvalue weighted by Gasteiger charge is 2.20. The van der Waals surface area contributed by atoms with Gasteiger partial charge in [0.1, 0.15) is 0 Å². The molecule has 86 valence electrons. The van der Waals surface area contributed by atoms with Crippen LogP contribution in [0.5, 0.6) is 0 Å². The maximum absolute atomic E-state index is 11.0. The zero-order chi connectivity index (χ0) is 11.0. The minimum atomic E-state index is -4.00. The molecule has 0 saturated heterocycles. The van der Waals surface area contributed by atoms with E-state index in [-0.39, 0.29) is 19.6 Å². The van der Waals surface area contributed by atoms with Crippen LogP contribution in [0.1, 0.15) is 26.2 Å². The Bertz CT molecular complexity index is 183. The average molecular weight is 228 g/mol. The molecule has 0 radical (unpaired) electrons. The van der Waals surface area contributed by atoms with Gasteiger partial charge in [0.25, 0.3) is 0 Å². The van der Waals surface area contributed by atoms with Crippen molar-refractivity contribution in [3.05, 3.63) is 0 Å². The molecule has 1 atom stereocenters. The summed E-state index contributed by atoms with van der Waals surface area (Å²) in [6.45, 7) is 1.86. The molecule has 0 aliphatic carbocycles. The Morgan fingerprint density at radius 3 is 2.36 bits per heavy atom. The van der Waals surface area contributed by atoms with Crippen molar-refractivity contribution in [1.29, 1.82) is 0 Å². The van der Waals surface area contributed by atoms with Gasteiger partial charge in [0.05, 0.1) is 13.2 Å². The van der Waals surface area contributed by atoms with Crippen LogP contribution in [0.4, 0.5) is 0 Å². The summed E-state index contributed by atoms with van der Waals surface area (Å²) in [6, 6.07) is 0. The monoisotopic (exact) mass is 228 g/mol. The summed E-state index contributed by atoms with van der Waals surface area (Å²) >= 11 is 0. The molecule has 0 aliphatic rings. The molecule has 3 N–H and O–H groups in total. The smallest absolute Gasteiger partial charge is 0.368 e. The van der Waals surface area contributed by atoms with Gasteiger partial charge in [-0.1, -0.05) is 13.3 Å². The number of unbranched alkanes of at least 4 members (excludes halogenated alkanes) is 1. The first-order chi connectivity index (χ1) is 6.48. The first-order valence-corrected chi connectivity index (χ1v) is 5.95. The Morgan fingerprint density at radius 2 is 1.86 bits per heavy atom. The molecule has 0 aromatic heterocycles. The first-order valence-electron chi connectivity index (χ1n) is 4.46. The molecule has 0 bridgehead atoms. The van der Waals surface area contributed by atoms with Crippen LogP contribution in [0, 0.1) is 0 Å². The highest BCUT2D eigenvalue weighted by Crippen LogP contribution is 2.43. The second kappa shape index (κ2) is 7.34. The van der Waals surface area contributed by atoms with Crippen molar-refractivity contribution in [2.75, 3.05) is 13.2 Å². The molecule has 14 heavy (non-hydrogen) atoms. The number of phosphoric acid groups is 1. The third kappa shape index (κ3) is 8.62. The van der Waals surface area contributed by atoms with E-state index in [0.717, 1.165) is 6.42 Å². The Kier molecular flexibility index (Phi) is 7.35. The Hall–Kier alpha value is 0.0300. The molecular formula is C7H17O6P. The lowest BCUT2D eigenvalue weighted by atomic mass is 10.4. The van der Waals surface area contributed by atoms with Crippen LogP contribution in [-0.4, -0.2) is 34.6 Å². The molecule has 0 aromatic carbocycles. The maximum Gasteiger partial charge on any atom is 0.472 e. The summed E-state index contributed by atoms with van der Waals surface area (Å²) in [5, 5.41) is 16.9. The Balaban J connectivity index is 3.56.